The van der Waals surface area contributed by atoms with Crippen LogP contribution in [0.15, 0.2) is 57.9 Å². The Hall–Kier alpha value is -3.00. The van der Waals surface area contributed by atoms with E-state index in [0.717, 1.165) is 16.8 Å². The van der Waals surface area contributed by atoms with Gasteiger partial charge in [-0.05, 0) is 43.7 Å². The normalized spacial score (nSPS) is 11.4. The molecule has 1 N–H and O–H groups in total. The molecule has 0 saturated carbocycles. The van der Waals surface area contributed by atoms with Crippen LogP contribution in [0.1, 0.15) is 29.3 Å². The Balaban J connectivity index is 1.56. The Bertz CT molecular complexity index is 1070. The second-order valence-electron chi connectivity index (χ2n) is 6.59. The molecule has 0 radical (unpaired) electrons. The van der Waals surface area contributed by atoms with Gasteiger partial charge in [-0.2, -0.15) is 4.98 Å². The van der Waals surface area contributed by atoms with E-state index in [9.17, 15) is 13.2 Å². The molecule has 8 heteroatoms. The first-order valence-corrected chi connectivity index (χ1v) is 10.4. The van der Waals surface area contributed by atoms with Gasteiger partial charge in [0.25, 0.3) is 0 Å². The number of sulfone groups is 1. The van der Waals surface area contributed by atoms with E-state index in [1.807, 2.05) is 38.1 Å². The lowest BCUT2D eigenvalue weighted by atomic mass is 10.2. The Morgan fingerprint density at radius 2 is 1.82 bits per heavy atom. The van der Waals surface area contributed by atoms with Crippen LogP contribution in [0.4, 0.5) is 5.69 Å². The molecule has 3 rings (SSSR count). The van der Waals surface area contributed by atoms with Crippen molar-refractivity contribution in [2.24, 2.45) is 0 Å². The first-order chi connectivity index (χ1) is 13.3. The minimum Gasteiger partial charge on any atom is -0.339 e. The van der Waals surface area contributed by atoms with E-state index in [0.29, 0.717) is 0 Å². The molecular formula is C20H21N3O4S. The molecule has 7 nitrogen and oxygen atoms in total. The van der Waals surface area contributed by atoms with Crippen molar-refractivity contribution < 1.29 is 17.7 Å². The number of benzene rings is 2. The van der Waals surface area contributed by atoms with E-state index in [1.165, 1.54) is 0 Å². The van der Waals surface area contributed by atoms with Gasteiger partial charge in [-0.15, -0.1) is 0 Å². The van der Waals surface area contributed by atoms with Crippen molar-refractivity contribution in [1.82, 2.24) is 10.1 Å². The molecule has 0 fully saturated rings. The molecule has 1 heterocycles. The van der Waals surface area contributed by atoms with Gasteiger partial charge in [0.05, 0.1) is 4.90 Å². The number of carbonyl (C=O) groups is 1. The fourth-order valence-electron chi connectivity index (χ4n) is 2.62. The van der Waals surface area contributed by atoms with Gasteiger partial charge in [-0.1, -0.05) is 35.0 Å². The molecule has 146 valence electrons. The lowest BCUT2D eigenvalue weighted by Crippen LogP contribution is -2.12. The van der Waals surface area contributed by atoms with Gasteiger partial charge in [0.1, 0.15) is 5.75 Å². The topological polar surface area (TPSA) is 102 Å². The van der Waals surface area contributed by atoms with Crippen LogP contribution in [-0.4, -0.2) is 24.5 Å². The second-order valence-corrected chi connectivity index (χ2v) is 8.58. The quantitative estimate of drug-likeness (QED) is 0.654. The smallest absolute Gasteiger partial charge is 0.227 e. The third-order valence-electron chi connectivity index (χ3n) is 4.08. The van der Waals surface area contributed by atoms with E-state index in [4.69, 9.17) is 4.52 Å². The van der Waals surface area contributed by atoms with E-state index in [1.54, 1.807) is 24.3 Å². The summed E-state index contributed by atoms with van der Waals surface area (Å²) in [5.41, 5.74) is 2.75. The SMILES string of the molecule is Cc1ccc(S(=O)(=O)Cc2noc(CCC(=O)Nc3cccc(C)c3)n2)cc1. The lowest BCUT2D eigenvalue weighted by Gasteiger charge is -2.04. The maximum atomic E-state index is 12.4. The van der Waals surface area contributed by atoms with Gasteiger partial charge in [0.2, 0.25) is 11.8 Å². The van der Waals surface area contributed by atoms with Gasteiger partial charge >= 0.3 is 0 Å². The molecule has 28 heavy (non-hydrogen) atoms. The van der Waals surface area contributed by atoms with Crippen molar-refractivity contribution in [3.8, 4) is 0 Å². The minimum absolute atomic E-state index is 0.0784. The maximum Gasteiger partial charge on any atom is 0.227 e. The van der Waals surface area contributed by atoms with Gasteiger partial charge in [-0.3, -0.25) is 4.79 Å². The van der Waals surface area contributed by atoms with E-state index >= 15 is 0 Å². The zero-order valence-electron chi connectivity index (χ0n) is 15.7. The molecule has 1 aromatic heterocycles. The van der Waals surface area contributed by atoms with Crippen molar-refractivity contribution in [2.75, 3.05) is 5.32 Å². The highest BCUT2D eigenvalue weighted by Gasteiger charge is 2.19. The third-order valence-corrected chi connectivity index (χ3v) is 5.71. The first-order valence-electron chi connectivity index (χ1n) is 8.79. The Kier molecular flexibility index (Phi) is 5.89. The average molecular weight is 399 g/mol. The molecule has 0 aliphatic carbocycles. The van der Waals surface area contributed by atoms with Crippen LogP contribution < -0.4 is 5.32 Å². The van der Waals surface area contributed by atoms with Crippen molar-refractivity contribution in [3.05, 3.63) is 71.4 Å². The van der Waals surface area contributed by atoms with Crippen LogP contribution >= 0.6 is 0 Å². The van der Waals surface area contributed by atoms with Crippen LogP contribution in [-0.2, 0) is 26.8 Å². The summed E-state index contributed by atoms with van der Waals surface area (Å²) in [6, 6.07) is 14.1. The molecule has 2 aromatic carbocycles. The number of rotatable bonds is 7. The fraction of sp³-hybridized carbons (Fsp3) is 0.250. The summed E-state index contributed by atoms with van der Waals surface area (Å²) in [5, 5.41) is 6.52. The summed E-state index contributed by atoms with van der Waals surface area (Å²) in [5.74, 6) is -0.226. The molecule has 0 saturated heterocycles. The molecule has 0 spiro atoms. The van der Waals surface area contributed by atoms with E-state index in [2.05, 4.69) is 15.5 Å². The molecule has 0 bridgehead atoms. The fourth-order valence-corrected chi connectivity index (χ4v) is 3.79. The summed E-state index contributed by atoms with van der Waals surface area (Å²) in [7, 11) is -3.56. The zero-order valence-corrected chi connectivity index (χ0v) is 16.5. The predicted molar refractivity (Wildman–Crippen MR) is 104 cm³/mol. The van der Waals surface area contributed by atoms with E-state index in [-0.39, 0.29) is 41.1 Å². The lowest BCUT2D eigenvalue weighted by molar-refractivity contribution is -0.116. The summed E-state index contributed by atoms with van der Waals surface area (Å²) in [4.78, 5) is 16.4. The van der Waals surface area contributed by atoms with Crippen molar-refractivity contribution in [3.63, 3.8) is 0 Å². The Morgan fingerprint density at radius 3 is 2.54 bits per heavy atom. The maximum absolute atomic E-state index is 12.4. The van der Waals surface area contributed by atoms with Crippen molar-refractivity contribution in [2.45, 2.75) is 37.3 Å². The number of aromatic nitrogens is 2. The van der Waals surface area contributed by atoms with Gasteiger partial charge in [0, 0.05) is 18.5 Å². The van der Waals surface area contributed by atoms with Gasteiger partial charge in [-0.25, -0.2) is 8.42 Å². The third kappa shape index (κ3) is 5.26. The minimum atomic E-state index is -3.56. The monoisotopic (exact) mass is 399 g/mol. The molecule has 0 aliphatic heterocycles. The number of carbonyl (C=O) groups excluding carboxylic acids is 1. The molecule has 0 atom stereocenters. The highest BCUT2D eigenvalue weighted by molar-refractivity contribution is 7.90. The molecule has 0 aliphatic rings. The second kappa shape index (κ2) is 8.35. The zero-order chi connectivity index (χ0) is 20.1. The van der Waals surface area contributed by atoms with Crippen molar-refractivity contribution in [1.29, 1.82) is 0 Å². The highest BCUT2D eigenvalue weighted by atomic mass is 32.2. The molecule has 1 amide bonds. The molecular weight excluding hydrogens is 378 g/mol. The highest BCUT2D eigenvalue weighted by Crippen LogP contribution is 2.16. The molecule has 3 aromatic rings. The molecule has 0 unspecified atom stereocenters. The van der Waals surface area contributed by atoms with E-state index < -0.39 is 9.84 Å². The van der Waals surface area contributed by atoms with Crippen molar-refractivity contribution >= 4 is 21.4 Å². The number of anilines is 1. The number of hydrogen-bond donors (Lipinski definition) is 1. The van der Waals surface area contributed by atoms with Crippen LogP contribution in [0.2, 0.25) is 0 Å². The van der Waals surface area contributed by atoms with Gasteiger partial charge in [0.15, 0.2) is 15.7 Å². The van der Waals surface area contributed by atoms with Crippen LogP contribution in [0.3, 0.4) is 0 Å². The summed E-state index contributed by atoms with van der Waals surface area (Å²) >= 11 is 0. The van der Waals surface area contributed by atoms with Crippen LogP contribution in [0.5, 0.6) is 0 Å². The Morgan fingerprint density at radius 1 is 1.07 bits per heavy atom. The first kappa shape index (κ1) is 19.8. The summed E-state index contributed by atoms with van der Waals surface area (Å²) in [6.45, 7) is 3.83. The number of nitrogens with zero attached hydrogens (tertiary/aromatic N) is 2. The Labute approximate surface area is 163 Å². The largest absolute Gasteiger partial charge is 0.339 e. The average Bonchev–Trinajstić information content (AvgIpc) is 3.07. The number of hydrogen-bond acceptors (Lipinski definition) is 6. The predicted octanol–water partition coefficient (Wildman–Crippen LogP) is 3.23. The van der Waals surface area contributed by atoms with Crippen LogP contribution in [0, 0.1) is 13.8 Å². The number of amides is 1. The number of nitrogens with one attached hydrogen (secondary N) is 1. The standard InChI is InChI=1S/C20H21N3O4S/c1-14-6-8-17(9-7-14)28(25,26)13-18-22-20(27-23-18)11-10-19(24)21-16-5-3-4-15(2)12-16/h3-9,12H,10-11,13H2,1-2H3,(H,21,24). The number of aryl methyl sites for hydroxylation is 3. The van der Waals surface area contributed by atoms with Crippen LogP contribution in [0.25, 0.3) is 0 Å². The summed E-state index contributed by atoms with van der Waals surface area (Å²) < 4.78 is 29.9. The van der Waals surface area contributed by atoms with Gasteiger partial charge < -0.3 is 9.84 Å². The summed E-state index contributed by atoms with van der Waals surface area (Å²) in [6.07, 6.45) is 0.384.